The molecule has 0 spiro atoms. The molecule has 3 heteroatoms. The van der Waals surface area contributed by atoms with E-state index in [0.29, 0.717) is 0 Å². The molecular formula is C19H16N2O. The van der Waals surface area contributed by atoms with E-state index in [2.05, 4.69) is 28.9 Å². The van der Waals surface area contributed by atoms with Gasteiger partial charge in [-0.2, -0.15) is 4.73 Å². The van der Waals surface area contributed by atoms with Crippen molar-refractivity contribution in [1.29, 1.82) is 0 Å². The summed E-state index contributed by atoms with van der Waals surface area (Å²) in [6.07, 6.45) is 9.08. The molecule has 108 valence electrons. The minimum Gasteiger partial charge on any atom is -0.618 e. The summed E-state index contributed by atoms with van der Waals surface area (Å²) < 4.78 is 3.20. The number of hydrogen-bond acceptors (Lipinski definition) is 1. The molecule has 0 radical (unpaired) electrons. The summed E-state index contributed by atoms with van der Waals surface area (Å²) in [6.45, 7) is 0. The largest absolute Gasteiger partial charge is 0.618 e. The SMILES string of the molecule is [O-][n+]1c2c3cc4c(cn3ccc-2c2ccccc21)CCCC4. The van der Waals surface area contributed by atoms with Gasteiger partial charge in [0.15, 0.2) is 0 Å². The van der Waals surface area contributed by atoms with Crippen molar-refractivity contribution in [3.63, 3.8) is 0 Å². The molecule has 0 bridgehead atoms. The van der Waals surface area contributed by atoms with E-state index < -0.39 is 0 Å². The molecule has 0 saturated carbocycles. The molecule has 2 aliphatic heterocycles. The Kier molecular flexibility index (Phi) is 2.31. The van der Waals surface area contributed by atoms with E-state index in [1.807, 2.05) is 24.3 Å². The maximum Gasteiger partial charge on any atom is 0.249 e. The van der Waals surface area contributed by atoms with Crippen molar-refractivity contribution in [2.24, 2.45) is 0 Å². The van der Waals surface area contributed by atoms with Crippen molar-refractivity contribution in [1.82, 2.24) is 4.40 Å². The maximum absolute atomic E-state index is 12.8. The first kappa shape index (κ1) is 12.0. The number of benzene rings is 1. The van der Waals surface area contributed by atoms with E-state index in [0.717, 1.165) is 45.2 Å². The summed E-state index contributed by atoms with van der Waals surface area (Å²) in [7, 11) is 0. The van der Waals surface area contributed by atoms with E-state index >= 15 is 0 Å². The Morgan fingerprint density at radius 2 is 1.82 bits per heavy atom. The molecule has 22 heavy (non-hydrogen) atoms. The van der Waals surface area contributed by atoms with Crippen LogP contribution in [-0.4, -0.2) is 4.40 Å². The van der Waals surface area contributed by atoms with Crippen LogP contribution >= 0.6 is 0 Å². The molecule has 3 nitrogen and oxygen atoms in total. The van der Waals surface area contributed by atoms with Crippen LogP contribution < -0.4 is 4.73 Å². The van der Waals surface area contributed by atoms with Gasteiger partial charge in [-0.05, 0) is 55.0 Å². The Labute approximate surface area is 128 Å². The lowest BCUT2D eigenvalue weighted by Gasteiger charge is -2.17. The highest BCUT2D eigenvalue weighted by molar-refractivity contribution is 5.98. The van der Waals surface area contributed by atoms with Gasteiger partial charge in [0, 0.05) is 18.5 Å². The number of para-hydroxylation sites is 1. The van der Waals surface area contributed by atoms with E-state index in [4.69, 9.17) is 0 Å². The Hall–Kier alpha value is -2.55. The van der Waals surface area contributed by atoms with Crippen LogP contribution in [0.15, 0.2) is 48.8 Å². The normalized spacial score (nSPS) is 14.7. The van der Waals surface area contributed by atoms with E-state index in [-0.39, 0.29) is 0 Å². The first-order chi connectivity index (χ1) is 10.8. The molecule has 5 rings (SSSR count). The maximum atomic E-state index is 12.8. The molecule has 0 N–H and O–H groups in total. The summed E-state index contributed by atoms with van der Waals surface area (Å²) in [5, 5.41) is 13.8. The Bertz CT molecular complexity index is 999. The van der Waals surface area contributed by atoms with Gasteiger partial charge in [-0.15, -0.1) is 0 Å². The number of rotatable bonds is 0. The smallest absolute Gasteiger partial charge is 0.249 e. The Morgan fingerprint density at radius 3 is 2.73 bits per heavy atom. The third-order valence-electron chi connectivity index (χ3n) is 4.95. The highest BCUT2D eigenvalue weighted by atomic mass is 16.5. The monoisotopic (exact) mass is 288 g/mol. The van der Waals surface area contributed by atoms with Gasteiger partial charge in [-0.3, -0.25) is 0 Å². The number of hydrogen-bond donors (Lipinski definition) is 0. The first-order valence-corrected chi connectivity index (χ1v) is 7.89. The molecule has 1 aliphatic carbocycles. The topological polar surface area (TPSA) is 31.3 Å². The number of fused-ring (bicyclic) bond motifs is 6. The predicted molar refractivity (Wildman–Crippen MR) is 87.1 cm³/mol. The van der Waals surface area contributed by atoms with Crippen LogP contribution in [0.5, 0.6) is 0 Å². The lowest BCUT2D eigenvalue weighted by molar-refractivity contribution is -0.561. The highest BCUT2D eigenvalue weighted by Gasteiger charge is 2.25. The van der Waals surface area contributed by atoms with Crippen molar-refractivity contribution >= 4 is 16.4 Å². The molecular weight excluding hydrogens is 272 g/mol. The molecule has 0 unspecified atom stereocenters. The van der Waals surface area contributed by atoms with Crippen molar-refractivity contribution in [2.45, 2.75) is 25.7 Å². The Balaban J connectivity index is 1.95. The molecule has 3 heterocycles. The third kappa shape index (κ3) is 1.48. The zero-order valence-corrected chi connectivity index (χ0v) is 12.2. The van der Waals surface area contributed by atoms with E-state index in [1.54, 1.807) is 0 Å². The molecule has 0 saturated heterocycles. The summed E-state index contributed by atoms with van der Waals surface area (Å²) in [5.74, 6) is 0. The van der Waals surface area contributed by atoms with E-state index in [9.17, 15) is 5.21 Å². The summed E-state index contributed by atoms with van der Waals surface area (Å²) >= 11 is 0. The average Bonchev–Trinajstić information content (AvgIpc) is 2.87. The number of aryl methyl sites for hydroxylation is 2. The highest BCUT2D eigenvalue weighted by Crippen LogP contribution is 2.34. The molecule has 0 amide bonds. The predicted octanol–water partition coefficient (Wildman–Crippen LogP) is 3.71. The average molecular weight is 288 g/mol. The molecule has 3 aliphatic rings. The van der Waals surface area contributed by atoms with Gasteiger partial charge in [0.05, 0.1) is 10.9 Å². The van der Waals surface area contributed by atoms with Crippen LogP contribution in [0.1, 0.15) is 24.0 Å². The van der Waals surface area contributed by atoms with Crippen molar-refractivity contribution in [3.05, 3.63) is 65.1 Å². The van der Waals surface area contributed by atoms with Crippen molar-refractivity contribution in [3.8, 4) is 11.3 Å². The molecule has 1 aromatic heterocycles. The quantitative estimate of drug-likeness (QED) is 0.358. The summed E-state index contributed by atoms with van der Waals surface area (Å²) in [6, 6.07) is 12.1. The fraction of sp³-hybridized carbons (Fsp3) is 0.211. The van der Waals surface area contributed by atoms with Gasteiger partial charge in [-0.1, -0.05) is 12.1 Å². The van der Waals surface area contributed by atoms with Crippen molar-refractivity contribution < 1.29 is 4.73 Å². The second-order valence-corrected chi connectivity index (χ2v) is 6.21. The zero-order chi connectivity index (χ0) is 14.7. The lowest BCUT2D eigenvalue weighted by atomic mass is 9.92. The second kappa shape index (κ2) is 4.23. The number of pyridine rings is 2. The van der Waals surface area contributed by atoms with Crippen LogP contribution in [0.2, 0.25) is 0 Å². The van der Waals surface area contributed by atoms with E-state index in [1.165, 1.54) is 24.0 Å². The van der Waals surface area contributed by atoms with Gasteiger partial charge >= 0.3 is 0 Å². The standard InChI is InChI=1S/C19H16N2O/c22-21-17-8-4-3-7-15(17)16-9-10-20-12-14-6-2-1-5-13(14)11-18(20)19(16)21/h3-4,7-12H,1-2,5-6H2. The molecule has 2 aromatic rings. The van der Waals surface area contributed by atoms with Crippen LogP contribution in [-0.2, 0) is 12.8 Å². The van der Waals surface area contributed by atoms with Gasteiger partial charge < -0.3 is 9.61 Å². The van der Waals surface area contributed by atoms with Crippen LogP contribution in [0.4, 0.5) is 0 Å². The van der Waals surface area contributed by atoms with Gasteiger partial charge in [0.2, 0.25) is 11.2 Å². The zero-order valence-electron chi connectivity index (χ0n) is 12.2. The van der Waals surface area contributed by atoms with Gasteiger partial charge in [0.25, 0.3) is 0 Å². The number of nitrogens with zero attached hydrogens (tertiary/aromatic N) is 2. The summed E-state index contributed by atoms with van der Waals surface area (Å²) in [4.78, 5) is 0. The second-order valence-electron chi connectivity index (χ2n) is 6.21. The first-order valence-electron chi connectivity index (χ1n) is 7.89. The van der Waals surface area contributed by atoms with Crippen LogP contribution in [0.3, 0.4) is 0 Å². The van der Waals surface area contributed by atoms with Crippen LogP contribution in [0.25, 0.3) is 27.7 Å². The minimum atomic E-state index is 0.753. The summed E-state index contributed by atoms with van der Waals surface area (Å²) in [5.41, 5.74) is 6.44. The van der Waals surface area contributed by atoms with Crippen molar-refractivity contribution in [2.75, 3.05) is 0 Å². The Morgan fingerprint density at radius 1 is 1.00 bits per heavy atom. The number of aromatic nitrogens is 2. The molecule has 0 atom stereocenters. The molecule has 0 fully saturated rings. The van der Waals surface area contributed by atoms with Gasteiger partial charge in [-0.25, -0.2) is 0 Å². The van der Waals surface area contributed by atoms with Gasteiger partial charge in [0.1, 0.15) is 5.52 Å². The third-order valence-corrected chi connectivity index (χ3v) is 4.95. The lowest BCUT2D eigenvalue weighted by Crippen LogP contribution is -2.26. The van der Waals surface area contributed by atoms with Crippen LogP contribution in [0, 0.1) is 5.21 Å². The fourth-order valence-corrected chi connectivity index (χ4v) is 3.86. The fourth-order valence-electron chi connectivity index (χ4n) is 3.86. The molecule has 1 aromatic carbocycles. The minimum absolute atomic E-state index is 0.753.